The van der Waals surface area contributed by atoms with E-state index in [4.69, 9.17) is 27.9 Å². The number of halogens is 2. The molecule has 0 aliphatic heterocycles. The van der Waals surface area contributed by atoms with Crippen molar-refractivity contribution in [2.24, 2.45) is 0 Å². The Bertz CT molecular complexity index is 1750. The summed E-state index contributed by atoms with van der Waals surface area (Å²) in [7, 11) is 3.18. The van der Waals surface area contributed by atoms with E-state index in [0.717, 1.165) is 38.4 Å². The fourth-order valence-corrected chi connectivity index (χ4v) is 5.82. The number of aromatic nitrogens is 1. The molecule has 0 saturated heterocycles. The highest BCUT2D eigenvalue weighted by atomic mass is 35.5. The predicted octanol–water partition coefficient (Wildman–Crippen LogP) is 6.16. The van der Waals surface area contributed by atoms with E-state index in [1.54, 1.807) is 24.1 Å². The number of fused-ring (bicyclic) bond motifs is 2. The number of H-pyrrole nitrogens is 1. The molecule has 228 valence electrons. The van der Waals surface area contributed by atoms with Gasteiger partial charge in [-0.05, 0) is 52.1 Å². The van der Waals surface area contributed by atoms with Crippen LogP contribution in [0.1, 0.15) is 16.7 Å². The van der Waals surface area contributed by atoms with Gasteiger partial charge in [-0.15, -0.1) is 0 Å². The van der Waals surface area contributed by atoms with E-state index in [1.165, 1.54) is 7.11 Å². The zero-order chi connectivity index (χ0) is 31.1. The molecular weight excluding hydrogens is 595 g/mol. The third-order valence-corrected chi connectivity index (χ3v) is 8.56. The molecule has 2 unspecified atom stereocenters. The van der Waals surface area contributed by atoms with Crippen molar-refractivity contribution in [3.63, 3.8) is 0 Å². The normalized spacial score (nSPS) is 12.7. The number of amides is 1. The first-order valence-electron chi connectivity index (χ1n) is 14.6. The van der Waals surface area contributed by atoms with Gasteiger partial charge in [0.15, 0.2) is 0 Å². The summed E-state index contributed by atoms with van der Waals surface area (Å²) in [6, 6.07) is 26.8. The first-order valence-corrected chi connectivity index (χ1v) is 15.3. The Morgan fingerprint density at radius 2 is 1.52 bits per heavy atom. The van der Waals surface area contributed by atoms with Crippen molar-refractivity contribution in [3.8, 4) is 0 Å². The van der Waals surface area contributed by atoms with E-state index >= 15 is 0 Å². The summed E-state index contributed by atoms with van der Waals surface area (Å²) in [5, 5.41) is 11.1. The van der Waals surface area contributed by atoms with Crippen LogP contribution in [0, 0.1) is 0 Å². The maximum atomic E-state index is 13.8. The molecule has 0 bridgehead atoms. The molecule has 0 radical (unpaired) electrons. The molecule has 2 atom stereocenters. The number of para-hydroxylation sites is 1. The van der Waals surface area contributed by atoms with Crippen LogP contribution in [-0.4, -0.2) is 61.1 Å². The molecule has 44 heavy (non-hydrogen) atoms. The Labute approximate surface area is 267 Å². The monoisotopic (exact) mass is 630 g/mol. The van der Waals surface area contributed by atoms with E-state index < -0.39 is 12.1 Å². The molecule has 1 amide bonds. The number of likely N-dealkylation sites (N-methyl/N-ethyl adjacent to an activating group) is 1. The van der Waals surface area contributed by atoms with Crippen molar-refractivity contribution < 1.29 is 14.3 Å². The second kappa shape index (κ2) is 14.7. The summed E-state index contributed by atoms with van der Waals surface area (Å²) in [6.07, 6.45) is 2.91. The van der Waals surface area contributed by atoms with E-state index in [1.807, 2.05) is 48.7 Å². The van der Waals surface area contributed by atoms with Gasteiger partial charge in [-0.3, -0.25) is 9.59 Å². The second-order valence-corrected chi connectivity index (χ2v) is 11.7. The molecule has 0 aliphatic rings. The lowest BCUT2D eigenvalue weighted by Gasteiger charge is -2.26. The lowest BCUT2D eigenvalue weighted by molar-refractivity contribution is -0.143. The summed E-state index contributed by atoms with van der Waals surface area (Å²) < 4.78 is 5.10. The van der Waals surface area contributed by atoms with E-state index in [-0.39, 0.29) is 11.9 Å². The number of hydrogen-bond donors (Lipinski definition) is 3. The van der Waals surface area contributed by atoms with Crippen LogP contribution in [0.5, 0.6) is 0 Å². The van der Waals surface area contributed by atoms with Crippen molar-refractivity contribution in [3.05, 3.63) is 118 Å². The van der Waals surface area contributed by atoms with Gasteiger partial charge in [0.25, 0.3) is 0 Å². The topological polar surface area (TPSA) is 86.5 Å². The number of nitrogens with zero attached hydrogens (tertiary/aromatic N) is 1. The molecule has 5 aromatic rings. The molecule has 3 N–H and O–H groups in total. The van der Waals surface area contributed by atoms with Gasteiger partial charge in [-0.2, -0.15) is 0 Å². The van der Waals surface area contributed by atoms with Gasteiger partial charge >= 0.3 is 5.97 Å². The van der Waals surface area contributed by atoms with Crippen molar-refractivity contribution in [1.29, 1.82) is 0 Å². The third kappa shape index (κ3) is 7.79. The SMILES string of the molecule is COC(=O)C(Cc1c[nH]c2ccccc12)NCCNC(Cc1ccc2ccccc2c1)C(=O)N(C)Cc1ccc(Cl)c(Cl)c1. The summed E-state index contributed by atoms with van der Waals surface area (Å²) in [5.41, 5.74) is 3.99. The fourth-order valence-electron chi connectivity index (χ4n) is 5.50. The maximum Gasteiger partial charge on any atom is 0.323 e. The quantitative estimate of drug-likeness (QED) is 0.107. The van der Waals surface area contributed by atoms with Crippen molar-refractivity contribution >= 4 is 56.8 Å². The smallest absolute Gasteiger partial charge is 0.323 e. The molecular formula is C35H36Cl2N4O3. The Morgan fingerprint density at radius 3 is 2.30 bits per heavy atom. The minimum Gasteiger partial charge on any atom is -0.468 e. The highest BCUT2D eigenvalue weighted by Crippen LogP contribution is 2.24. The number of rotatable bonds is 13. The van der Waals surface area contributed by atoms with E-state index in [2.05, 4.69) is 45.9 Å². The third-order valence-electron chi connectivity index (χ3n) is 7.82. The van der Waals surface area contributed by atoms with Crippen LogP contribution in [-0.2, 0) is 33.7 Å². The number of benzene rings is 4. The average Bonchev–Trinajstić information content (AvgIpc) is 3.45. The minimum atomic E-state index is -0.534. The summed E-state index contributed by atoms with van der Waals surface area (Å²) in [5.74, 6) is -0.382. The molecule has 7 nitrogen and oxygen atoms in total. The van der Waals surface area contributed by atoms with Gasteiger partial charge < -0.3 is 25.3 Å². The predicted molar refractivity (Wildman–Crippen MR) is 178 cm³/mol. The number of hydrogen-bond acceptors (Lipinski definition) is 5. The first-order chi connectivity index (χ1) is 21.3. The Hall–Kier alpha value is -3.88. The number of aromatic amines is 1. The van der Waals surface area contributed by atoms with Gasteiger partial charge in [0.05, 0.1) is 23.2 Å². The van der Waals surface area contributed by atoms with Crippen LogP contribution in [0.25, 0.3) is 21.7 Å². The molecule has 0 fully saturated rings. The largest absolute Gasteiger partial charge is 0.468 e. The van der Waals surface area contributed by atoms with Crippen LogP contribution in [0.2, 0.25) is 10.0 Å². The van der Waals surface area contributed by atoms with Gasteiger partial charge in [0.2, 0.25) is 5.91 Å². The van der Waals surface area contributed by atoms with Crippen LogP contribution < -0.4 is 10.6 Å². The molecule has 5 rings (SSSR count). The number of carbonyl (C=O) groups excluding carboxylic acids is 2. The van der Waals surface area contributed by atoms with Crippen molar-refractivity contribution in [2.75, 3.05) is 27.2 Å². The van der Waals surface area contributed by atoms with Gasteiger partial charge in [-0.25, -0.2) is 0 Å². The number of esters is 1. The molecule has 0 aliphatic carbocycles. The lowest BCUT2D eigenvalue weighted by atomic mass is 10.0. The van der Waals surface area contributed by atoms with Crippen molar-refractivity contribution in [1.82, 2.24) is 20.5 Å². The average molecular weight is 632 g/mol. The summed E-state index contributed by atoms with van der Waals surface area (Å²) in [4.78, 5) is 31.4. The van der Waals surface area contributed by atoms with Crippen LogP contribution >= 0.6 is 23.2 Å². The number of carbonyl (C=O) groups is 2. The highest BCUT2D eigenvalue weighted by molar-refractivity contribution is 6.42. The fraction of sp³-hybridized carbons (Fsp3) is 0.257. The second-order valence-electron chi connectivity index (χ2n) is 10.9. The standard InChI is InChI=1S/C35H36Cl2N4O3/c1-41(22-24-12-14-29(36)30(37)18-24)34(42)32(19-23-11-13-25-7-3-4-8-26(25)17-23)38-15-16-39-33(35(43)44-2)20-27-21-40-31-10-6-5-9-28(27)31/h3-14,17-18,21,32-33,38-40H,15-16,19-20,22H2,1-2H3. The Balaban J connectivity index is 1.27. The summed E-state index contributed by atoms with van der Waals surface area (Å²) in [6.45, 7) is 1.31. The molecule has 9 heteroatoms. The molecule has 1 heterocycles. The summed E-state index contributed by atoms with van der Waals surface area (Å²) >= 11 is 12.3. The van der Waals surface area contributed by atoms with Gasteiger partial charge in [0.1, 0.15) is 6.04 Å². The van der Waals surface area contributed by atoms with Gasteiger partial charge in [0, 0.05) is 50.2 Å². The zero-order valence-corrected chi connectivity index (χ0v) is 26.3. The Kier molecular flexibility index (Phi) is 10.6. The van der Waals surface area contributed by atoms with Crippen LogP contribution in [0.15, 0.2) is 91.1 Å². The van der Waals surface area contributed by atoms with E-state index in [9.17, 15) is 9.59 Å². The first kappa shape index (κ1) is 31.5. The molecule has 1 aromatic heterocycles. The minimum absolute atomic E-state index is 0.0486. The van der Waals surface area contributed by atoms with Gasteiger partial charge in [-0.1, -0.05) is 89.9 Å². The lowest BCUT2D eigenvalue weighted by Crippen LogP contribution is -2.49. The maximum absolute atomic E-state index is 13.8. The number of ether oxygens (including phenoxy) is 1. The highest BCUT2D eigenvalue weighted by Gasteiger charge is 2.24. The van der Waals surface area contributed by atoms with Crippen LogP contribution in [0.3, 0.4) is 0 Å². The number of nitrogens with one attached hydrogen (secondary N) is 3. The molecule has 0 spiro atoms. The zero-order valence-electron chi connectivity index (χ0n) is 24.8. The number of methoxy groups -OCH3 is 1. The van der Waals surface area contributed by atoms with Crippen molar-refractivity contribution in [2.45, 2.75) is 31.5 Å². The Morgan fingerprint density at radius 1 is 0.818 bits per heavy atom. The molecule has 0 saturated carbocycles. The van der Waals surface area contributed by atoms with E-state index in [0.29, 0.717) is 42.5 Å². The van der Waals surface area contributed by atoms with Crippen LogP contribution in [0.4, 0.5) is 0 Å². The molecule has 4 aromatic carbocycles.